The summed E-state index contributed by atoms with van der Waals surface area (Å²) in [4.78, 5) is 18.1. The largest absolute Gasteiger partial charge is 0.497 e. The van der Waals surface area contributed by atoms with E-state index in [1.54, 1.807) is 26.0 Å². The normalized spacial score (nSPS) is 23.0. The van der Waals surface area contributed by atoms with Gasteiger partial charge in [-0.3, -0.25) is 9.79 Å². The van der Waals surface area contributed by atoms with Crippen LogP contribution < -0.4 is 10.1 Å². The molecule has 3 aromatic rings. The van der Waals surface area contributed by atoms with E-state index in [1.807, 2.05) is 48.5 Å². The molecule has 6 nitrogen and oxygen atoms in total. The summed E-state index contributed by atoms with van der Waals surface area (Å²) in [5.41, 5.74) is 3.44. The van der Waals surface area contributed by atoms with Gasteiger partial charge in [-0.25, -0.2) is 0 Å². The molecule has 1 amide bonds. The van der Waals surface area contributed by atoms with Gasteiger partial charge in [0, 0.05) is 30.8 Å². The fourth-order valence-corrected chi connectivity index (χ4v) is 6.31. The van der Waals surface area contributed by atoms with Gasteiger partial charge in [0.1, 0.15) is 12.5 Å². The molecule has 3 atom stereocenters. The molecule has 0 spiro atoms. The lowest BCUT2D eigenvalue weighted by molar-refractivity contribution is -0.0708. The molecule has 0 bridgehead atoms. The van der Waals surface area contributed by atoms with Crippen molar-refractivity contribution in [2.45, 2.75) is 24.5 Å². The number of rotatable bonds is 7. The maximum absolute atomic E-state index is 12.9. The Kier molecular flexibility index (Phi) is 7.41. The second-order valence-electron chi connectivity index (χ2n) is 9.12. The number of amides is 1. The molecular weight excluding hydrogens is 472 g/mol. The number of amidine groups is 1. The van der Waals surface area contributed by atoms with Crippen molar-refractivity contribution in [1.29, 1.82) is 0 Å². The lowest BCUT2D eigenvalue weighted by Crippen LogP contribution is -2.40. The van der Waals surface area contributed by atoms with Crippen LogP contribution in [0, 0.1) is 5.92 Å². The van der Waals surface area contributed by atoms with Gasteiger partial charge in [-0.2, -0.15) is 0 Å². The number of hydrogen-bond donors (Lipinski definition) is 1. The summed E-state index contributed by atoms with van der Waals surface area (Å²) in [5.74, 6) is 1.80. The van der Waals surface area contributed by atoms with Gasteiger partial charge < -0.3 is 19.5 Å². The van der Waals surface area contributed by atoms with E-state index in [4.69, 9.17) is 19.2 Å². The van der Waals surface area contributed by atoms with E-state index in [0.717, 1.165) is 41.0 Å². The van der Waals surface area contributed by atoms with E-state index in [9.17, 15) is 4.79 Å². The third-order valence-electron chi connectivity index (χ3n) is 6.93. The Hall–Kier alpha value is -3.13. The van der Waals surface area contributed by atoms with Crippen molar-refractivity contribution in [3.63, 3.8) is 0 Å². The van der Waals surface area contributed by atoms with Crippen molar-refractivity contribution in [2.75, 3.05) is 26.8 Å². The van der Waals surface area contributed by atoms with Crippen LogP contribution in [0.4, 0.5) is 0 Å². The summed E-state index contributed by atoms with van der Waals surface area (Å²) in [6.45, 7) is 0.256. The molecule has 3 unspecified atom stereocenters. The first kappa shape index (κ1) is 24.6. The van der Waals surface area contributed by atoms with Gasteiger partial charge in [-0.05, 0) is 53.4 Å². The molecule has 0 aromatic heterocycles. The molecule has 186 valence electrons. The number of hydrogen-bond acceptors (Lipinski definition) is 6. The zero-order valence-electron chi connectivity index (χ0n) is 20.5. The standard InChI is InChI=1S/C29H30N2O4S/c1-33-19-35-26-16-24-18-36-28(30-27(32)20-8-4-3-5-9-20)31-29(24,17-26)23-12-6-10-21(14-23)22-11-7-13-25(15-22)34-2/h3-15,24,26H,16-19H2,1-2H3,(H,30,31,32). The molecule has 5 rings (SSSR count). The Labute approximate surface area is 216 Å². The van der Waals surface area contributed by atoms with Gasteiger partial charge in [0.2, 0.25) is 0 Å². The topological polar surface area (TPSA) is 69.2 Å². The molecule has 1 heterocycles. The van der Waals surface area contributed by atoms with E-state index in [0.29, 0.717) is 10.7 Å². The lowest BCUT2D eigenvalue weighted by atomic mass is 9.80. The number of carbonyl (C=O) groups excluding carboxylic acids is 1. The summed E-state index contributed by atoms with van der Waals surface area (Å²) in [5, 5.41) is 3.71. The van der Waals surface area contributed by atoms with E-state index in [2.05, 4.69) is 35.6 Å². The molecular formula is C29H30N2O4S. The maximum atomic E-state index is 12.9. The SMILES string of the molecule is COCOC1CC2CSC(NC(=O)c3ccccc3)=NC2(c2cccc(-c3cccc(OC)c3)c2)C1. The molecule has 3 aromatic carbocycles. The highest BCUT2D eigenvalue weighted by Crippen LogP contribution is 2.52. The number of thioether (sulfide) groups is 1. The fraction of sp³-hybridized carbons (Fsp3) is 0.310. The molecule has 0 saturated heterocycles. The first-order chi connectivity index (χ1) is 17.6. The average Bonchev–Trinajstić information content (AvgIpc) is 3.31. The van der Waals surface area contributed by atoms with Crippen molar-refractivity contribution < 1.29 is 19.0 Å². The van der Waals surface area contributed by atoms with Crippen LogP contribution >= 0.6 is 11.8 Å². The second kappa shape index (κ2) is 10.9. The zero-order valence-corrected chi connectivity index (χ0v) is 21.3. The van der Waals surface area contributed by atoms with Gasteiger partial charge in [-0.15, -0.1) is 0 Å². The van der Waals surface area contributed by atoms with Gasteiger partial charge in [0.05, 0.1) is 18.8 Å². The minimum atomic E-state index is -0.488. The van der Waals surface area contributed by atoms with Crippen molar-refractivity contribution in [1.82, 2.24) is 5.32 Å². The van der Waals surface area contributed by atoms with Crippen LogP contribution in [0.2, 0.25) is 0 Å². The number of nitrogens with zero attached hydrogens (tertiary/aromatic N) is 1. The van der Waals surface area contributed by atoms with E-state index in [1.165, 1.54) is 0 Å². The van der Waals surface area contributed by atoms with E-state index >= 15 is 0 Å². The summed E-state index contributed by atoms with van der Waals surface area (Å²) in [7, 11) is 3.32. The third-order valence-corrected chi connectivity index (χ3v) is 7.96. The van der Waals surface area contributed by atoms with Gasteiger partial charge >= 0.3 is 0 Å². The number of benzene rings is 3. The van der Waals surface area contributed by atoms with Gasteiger partial charge in [0.15, 0.2) is 5.17 Å². The Morgan fingerprint density at radius 2 is 1.81 bits per heavy atom. The minimum absolute atomic E-state index is 0.0314. The summed E-state index contributed by atoms with van der Waals surface area (Å²) < 4.78 is 16.6. The molecule has 1 aliphatic heterocycles. The van der Waals surface area contributed by atoms with Crippen LogP contribution in [-0.2, 0) is 15.0 Å². The Balaban J connectivity index is 1.51. The van der Waals surface area contributed by atoms with Crippen LogP contribution in [-0.4, -0.2) is 43.9 Å². The Morgan fingerprint density at radius 3 is 2.58 bits per heavy atom. The average molecular weight is 503 g/mol. The van der Waals surface area contributed by atoms with E-state index in [-0.39, 0.29) is 24.7 Å². The summed E-state index contributed by atoms with van der Waals surface area (Å²) >= 11 is 1.60. The first-order valence-corrected chi connectivity index (χ1v) is 13.0. The monoisotopic (exact) mass is 502 g/mol. The Morgan fingerprint density at radius 1 is 1.03 bits per heavy atom. The van der Waals surface area contributed by atoms with Crippen molar-refractivity contribution in [2.24, 2.45) is 10.9 Å². The Bertz CT molecular complexity index is 1250. The second-order valence-corrected chi connectivity index (χ2v) is 10.1. The highest BCUT2D eigenvalue weighted by molar-refractivity contribution is 8.13. The highest BCUT2D eigenvalue weighted by atomic mass is 32.2. The lowest BCUT2D eigenvalue weighted by Gasteiger charge is -2.36. The fourth-order valence-electron chi connectivity index (χ4n) is 5.15. The van der Waals surface area contributed by atoms with E-state index < -0.39 is 5.54 Å². The number of carbonyl (C=O) groups is 1. The van der Waals surface area contributed by atoms with Gasteiger partial charge in [0.25, 0.3) is 5.91 Å². The molecule has 7 heteroatoms. The summed E-state index contributed by atoms with van der Waals surface area (Å²) in [6.07, 6.45) is 1.65. The van der Waals surface area contributed by atoms with Crippen molar-refractivity contribution in [3.8, 4) is 16.9 Å². The van der Waals surface area contributed by atoms with Gasteiger partial charge in [-0.1, -0.05) is 60.3 Å². The predicted octanol–water partition coefficient (Wildman–Crippen LogP) is 5.49. The van der Waals surface area contributed by atoms with Crippen molar-refractivity contribution >= 4 is 22.8 Å². The molecule has 1 fully saturated rings. The third kappa shape index (κ3) is 5.05. The summed E-state index contributed by atoms with van der Waals surface area (Å²) in [6, 6.07) is 25.9. The number of aliphatic imine (C=N–C) groups is 1. The van der Waals surface area contributed by atoms with Crippen LogP contribution in [0.25, 0.3) is 11.1 Å². The minimum Gasteiger partial charge on any atom is -0.497 e. The highest BCUT2D eigenvalue weighted by Gasteiger charge is 2.51. The number of ether oxygens (including phenoxy) is 3. The van der Waals surface area contributed by atoms with Crippen LogP contribution in [0.5, 0.6) is 5.75 Å². The molecule has 1 aliphatic carbocycles. The van der Waals surface area contributed by atoms with Crippen molar-refractivity contribution in [3.05, 3.63) is 90.0 Å². The molecule has 36 heavy (non-hydrogen) atoms. The molecule has 1 N–H and O–H groups in total. The number of methoxy groups -OCH3 is 2. The molecule has 0 radical (unpaired) electrons. The zero-order chi connectivity index (χ0) is 25.0. The van der Waals surface area contributed by atoms with Crippen LogP contribution in [0.3, 0.4) is 0 Å². The first-order valence-electron chi connectivity index (χ1n) is 12.1. The molecule has 2 aliphatic rings. The molecule has 1 saturated carbocycles. The predicted molar refractivity (Wildman–Crippen MR) is 143 cm³/mol. The van der Waals surface area contributed by atoms with Crippen LogP contribution in [0.1, 0.15) is 28.8 Å². The smallest absolute Gasteiger partial charge is 0.257 e. The quantitative estimate of drug-likeness (QED) is 0.433. The number of fused-ring (bicyclic) bond motifs is 1. The van der Waals surface area contributed by atoms with Crippen LogP contribution in [0.15, 0.2) is 83.9 Å². The maximum Gasteiger partial charge on any atom is 0.257 e. The number of nitrogens with one attached hydrogen (secondary N) is 1.